The number of nitrogen functional groups attached to an aromatic ring is 1. The van der Waals surface area contributed by atoms with E-state index >= 15 is 0 Å². The molecular formula is C11H19N5O3S. The molecule has 1 saturated heterocycles. The van der Waals surface area contributed by atoms with Gasteiger partial charge in [0.15, 0.2) is 0 Å². The van der Waals surface area contributed by atoms with Crippen molar-refractivity contribution < 1.29 is 13.2 Å². The summed E-state index contributed by atoms with van der Waals surface area (Å²) in [5, 5.41) is 6.33. The molecule has 2 heterocycles. The van der Waals surface area contributed by atoms with Crippen molar-refractivity contribution in [2.24, 2.45) is 5.92 Å². The summed E-state index contributed by atoms with van der Waals surface area (Å²) < 4.78 is 24.7. The molecule has 0 radical (unpaired) electrons. The minimum absolute atomic E-state index is 0.117. The number of nitrogens with two attached hydrogens (primary N) is 1. The van der Waals surface area contributed by atoms with Gasteiger partial charge in [0, 0.05) is 19.6 Å². The molecule has 2 rings (SSSR count). The van der Waals surface area contributed by atoms with E-state index in [1.807, 2.05) is 0 Å². The fourth-order valence-electron chi connectivity index (χ4n) is 2.31. The van der Waals surface area contributed by atoms with Crippen molar-refractivity contribution in [1.29, 1.82) is 0 Å². The minimum atomic E-state index is -3.20. The lowest BCUT2D eigenvalue weighted by Crippen LogP contribution is -2.43. The van der Waals surface area contributed by atoms with Crippen LogP contribution in [-0.2, 0) is 10.0 Å². The lowest BCUT2D eigenvalue weighted by molar-refractivity contribution is 0.0671. The number of likely N-dealkylation sites (tertiary alicyclic amines) is 1. The largest absolute Gasteiger partial charge is 0.396 e. The molecule has 0 spiro atoms. The molecule has 0 aromatic carbocycles. The molecule has 1 aliphatic rings. The first kappa shape index (κ1) is 14.8. The topological polar surface area (TPSA) is 121 Å². The highest BCUT2D eigenvalue weighted by molar-refractivity contribution is 7.88. The maximum absolute atomic E-state index is 12.3. The first-order valence-electron chi connectivity index (χ1n) is 6.39. The molecule has 1 unspecified atom stereocenters. The Morgan fingerprint density at radius 3 is 3.00 bits per heavy atom. The lowest BCUT2D eigenvalue weighted by atomic mass is 9.98. The molecule has 1 aromatic rings. The molecule has 1 aliphatic heterocycles. The van der Waals surface area contributed by atoms with Crippen LogP contribution in [0.25, 0.3) is 0 Å². The van der Waals surface area contributed by atoms with Gasteiger partial charge in [0.2, 0.25) is 10.0 Å². The Morgan fingerprint density at radius 2 is 2.40 bits per heavy atom. The number of amides is 1. The van der Waals surface area contributed by atoms with Crippen LogP contribution in [0, 0.1) is 5.92 Å². The van der Waals surface area contributed by atoms with Gasteiger partial charge in [0.1, 0.15) is 5.69 Å². The molecule has 4 N–H and O–H groups in total. The Labute approximate surface area is 117 Å². The fourth-order valence-corrected chi connectivity index (χ4v) is 2.85. The number of aromatic nitrogens is 2. The third-order valence-corrected chi connectivity index (χ3v) is 4.01. The van der Waals surface area contributed by atoms with Gasteiger partial charge in [0.25, 0.3) is 5.91 Å². The number of rotatable bonds is 4. The summed E-state index contributed by atoms with van der Waals surface area (Å²) in [7, 11) is -3.20. The minimum Gasteiger partial charge on any atom is -0.396 e. The lowest BCUT2D eigenvalue weighted by Gasteiger charge is -2.32. The van der Waals surface area contributed by atoms with Gasteiger partial charge >= 0.3 is 0 Å². The second-order valence-corrected chi connectivity index (χ2v) is 6.91. The fraction of sp³-hybridized carbons (Fsp3) is 0.636. The number of hydrogen-bond donors (Lipinski definition) is 3. The molecule has 1 amide bonds. The van der Waals surface area contributed by atoms with Crippen LogP contribution in [0.15, 0.2) is 6.20 Å². The van der Waals surface area contributed by atoms with E-state index < -0.39 is 10.0 Å². The van der Waals surface area contributed by atoms with Crippen LogP contribution in [0.3, 0.4) is 0 Å². The molecule has 1 atom stereocenters. The molecule has 112 valence electrons. The number of aromatic amines is 1. The second kappa shape index (κ2) is 5.80. The predicted octanol–water partition coefficient (Wildman–Crippen LogP) is -0.607. The Bertz CT molecular complexity index is 583. The molecule has 9 heteroatoms. The van der Waals surface area contributed by atoms with Gasteiger partial charge in [-0.15, -0.1) is 0 Å². The van der Waals surface area contributed by atoms with Gasteiger partial charge < -0.3 is 10.6 Å². The van der Waals surface area contributed by atoms with Gasteiger partial charge in [-0.3, -0.25) is 9.89 Å². The van der Waals surface area contributed by atoms with E-state index in [2.05, 4.69) is 14.9 Å². The molecule has 0 aliphatic carbocycles. The number of nitrogens with one attached hydrogen (secondary N) is 2. The molecule has 0 saturated carbocycles. The first-order chi connectivity index (χ1) is 9.37. The second-order valence-electron chi connectivity index (χ2n) is 5.08. The Kier molecular flexibility index (Phi) is 4.29. The maximum atomic E-state index is 12.3. The maximum Gasteiger partial charge on any atom is 0.274 e. The van der Waals surface area contributed by atoms with E-state index in [0.29, 0.717) is 31.0 Å². The highest BCUT2D eigenvalue weighted by Gasteiger charge is 2.26. The molecule has 1 aromatic heterocycles. The van der Waals surface area contributed by atoms with Crippen LogP contribution >= 0.6 is 0 Å². The number of carbonyl (C=O) groups excluding carboxylic acids is 1. The summed E-state index contributed by atoms with van der Waals surface area (Å²) in [6.45, 7) is 1.51. The number of nitrogens with zero attached hydrogens (tertiary/aromatic N) is 2. The van der Waals surface area contributed by atoms with E-state index in [9.17, 15) is 13.2 Å². The predicted molar refractivity (Wildman–Crippen MR) is 74.5 cm³/mol. The highest BCUT2D eigenvalue weighted by Crippen LogP contribution is 2.19. The van der Waals surface area contributed by atoms with E-state index in [1.165, 1.54) is 6.20 Å². The number of anilines is 1. The number of hydrogen-bond acceptors (Lipinski definition) is 5. The van der Waals surface area contributed by atoms with Crippen LogP contribution in [0.2, 0.25) is 0 Å². The van der Waals surface area contributed by atoms with Crippen LogP contribution in [0.5, 0.6) is 0 Å². The van der Waals surface area contributed by atoms with Gasteiger partial charge in [-0.05, 0) is 18.8 Å². The molecule has 20 heavy (non-hydrogen) atoms. The third kappa shape index (κ3) is 3.70. The highest BCUT2D eigenvalue weighted by atomic mass is 32.2. The van der Waals surface area contributed by atoms with Crippen molar-refractivity contribution in [2.45, 2.75) is 12.8 Å². The molecule has 8 nitrogen and oxygen atoms in total. The van der Waals surface area contributed by atoms with Crippen LogP contribution in [0.1, 0.15) is 23.3 Å². The van der Waals surface area contributed by atoms with Crippen LogP contribution in [0.4, 0.5) is 5.69 Å². The standard InChI is InChI=1S/C11H19N5O3S/c1-20(18,19)14-5-8-3-2-4-16(7-8)11(17)10-9(12)6-13-15-10/h6,8,14H,2-5,7,12H2,1H3,(H,13,15). The average Bonchev–Trinajstić information content (AvgIpc) is 2.81. The summed E-state index contributed by atoms with van der Waals surface area (Å²) in [6.07, 6.45) is 4.27. The number of piperidine rings is 1. The van der Waals surface area contributed by atoms with Crippen molar-refractivity contribution in [3.8, 4) is 0 Å². The Morgan fingerprint density at radius 1 is 1.65 bits per heavy atom. The summed E-state index contributed by atoms with van der Waals surface area (Å²) in [6, 6.07) is 0. The van der Waals surface area contributed by atoms with Gasteiger partial charge in [0.05, 0.1) is 18.1 Å². The van der Waals surface area contributed by atoms with Crippen molar-refractivity contribution in [1.82, 2.24) is 19.8 Å². The summed E-state index contributed by atoms with van der Waals surface area (Å²) in [5.41, 5.74) is 6.28. The molecule has 1 fully saturated rings. The summed E-state index contributed by atoms with van der Waals surface area (Å²) in [4.78, 5) is 13.9. The Hall–Kier alpha value is -1.61. The monoisotopic (exact) mass is 301 g/mol. The van der Waals surface area contributed by atoms with Gasteiger partial charge in [-0.1, -0.05) is 0 Å². The SMILES string of the molecule is CS(=O)(=O)NCC1CCCN(C(=O)c2[nH]ncc2N)C1. The van der Waals surface area contributed by atoms with Crippen molar-refractivity contribution in [3.05, 3.63) is 11.9 Å². The zero-order chi connectivity index (χ0) is 14.8. The molecular weight excluding hydrogens is 282 g/mol. The number of H-pyrrole nitrogens is 1. The van der Waals surface area contributed by atoms with Gasteiger partial charge in [-0.2, -0.15) is 5.10 Å². The summed E-state index contributed by atoms with van der Waals surface area (Å²) >= 11 is 0. The smallest absolute Gasteiger partial charge is 0.274 e. The van der Waals surface area contributed by atoms with Crippen LogP contribution in [-0.4, -0.2) is 55.3 Å². The van der Waals surface area contributed by atoms with E-state index in [-0.39, 0.29) is 11.8 Å². The zero-order valence-corrected chi connectivity index (χ0v) is 12.1. The van der Waals surface area contributed by atoms with Crippen molar-refractivity contribution in [3.63, 3.8) is 0 Å². The first-order valence-corrected chi connectivity index (χ1v) is 8.28. The normalized spacial score (nSPS) is 20.1. The number of carbonyl (C=O) groups is 1. The third-order valence-electron chi connectivity index (χ3n) is 3.32. The van der Waals surface area contributed by atoms with Crippen molar-refractivity contribution in [2.75, 3.05) is 31.6 Å². The average molecular weight is 301 g/mol. The quantitative estimate of drug-likeness (QED) is 0.685. The van der Waals surface area contributed by atoms with Crippen molar-refractivity contribution >= 4 is 21.6 Å². The summed E-state index contributed by atoms with van der Waals surface area (Å²) in [5.74, 6) is -0.0735. The zero-order valence-electron chi connectivity index (χ0n) is 11.3. The van der Waals surface area contributed by atoms with E-state index in [4.69, 9.17) is 5.73 Å². The Balaban J connectivity index is 1.97. The number of sulfonamides is 1. The van der Waals surface area contributed by atoms with E-state index in [0.717, 1.165) is 19.1 Å². The van der Waals surface area contributed by atoms with Gasteiger partial charge in [-0.25, -0.2) is 13.1 Å². The molecule has 0 bridgehead atoms. The van der Waals surface area contributed by atoms with E-state index in [1.54, 1.807) is 4.90 Å². The van der Waals surface area contributed by atoms with Crippen LogP contribution < -0.4 is 10.5 Å².